The van der Waals surface area contributed by atoms with Gasteiger partial charge in [-0.15, -0.1) is 4.99 Å². The van der Waals surface area contributed by atoms with Crippen molar-refractivity contribution in [1.29, 1.82) is 0 Å². The van der Waals surface area contributed by atoms with Crippen LogP contribution >= 0.6 is 0 Å². The zero-order chi connectivity index (χ0) is 39.1. The van der Waals surface area contributed by atoms with Gasteiger partial charge in [0.25, 0.3) is 11.8 Å². The molecule has 0 saturated carbocycles. The average molecular weight is 719 g/mol. The van der Waals surface area contributed by atoms with Crippen molar-refractivity contribution in [3.8, 4) is 0 Å². The molecule has 17 nitrogen and oxygen atoms in total. The summed E-state index contributed by atoms with van der Waals surface area (Å²) in [5.74, 6) is -3.41. The quantitative estimate of drug-likeness (QED) is 0.122. The van der Waals surface area contributed by atoms with Crippen molar-refractivity contribution in [3.05, 3.63) is 35.4 Å². The fraction of sp³-hybridized carbons (Fsp3) is 0.588. The van der Waals surface area contributed by atoms with Crippen molar-refractivity contribution in [1.82, 2.24) is 25.6 Å². The number of aliphatic imine (C=N–C) groups is 1. The molecule has 0 saturated heterocycles. The third-order valence-electron chi connectivity index (χ3n) is 6.47. The van der Waals surface area contributed by atoms with Crippen LogP contribution in [0, 0.1) is 5.92 Å². The van der Waals surface area contributed by atoms with E-state index in [1.165, 1.54) is 12.1 Å². The molecule has 1 aliphatic rings. The third kappa shape index (κ3) is 12.6. The SMILES string of the molecule is COC(=O)[C@@H](NC(=O)N(CCCN(C(=O)OC(C)(C)C)/C(=N/C(=O)OC(C)(C)C)NC(=O)OC(C)(C)C)N1C(=O)c2ccccc2C1=O)C(C)C. The summed E-state index contributed by atoms with van der Waals surface area (Å²) >= 11 is 0. The second-order valence-corrected chi connectivity index (χ2v) is 14.8. The Balaban J connectivity index is 2.57. The molecule has 51 heavy (non-hydrogen) atoms. The van der Waals surface area contributed by atoms with E-state index >= 15 is 0 Å². The lowest BCUT2D eigenvalue weighted by Gasteiger charge is -2.33. The Labute approximate surface area is 297 Å². The first-order valence-electron chi connectivity index (χ1n) is 16.3. The molecule has 0 radical (unpaired) electrons. The lowest BCUT2D eigenvalue weighted by atomic mass is 10.1. The molecule has 7 amide bonds. The lowest BCUT2D eigenvalue weighted by Crippen LogP contribution is -2.58. The molecule has 0 aromatic heterocycles. The first kappa shape index (κ1) is 41.9. The van der Waals surface area contributed by atoms with Gasteiger partial charge in [0.2, 0.25) is 5.96 Å². The number of alkyl carbamates (subject to hydrolysis) is 1. The maximum atomic E-state index is 13.8. The molecule has 1 aromatic carbocycles. The lowest BCUT2D eigenvalue weighted by molar-refractivity contribution is -0.144. The Morgan fingerprint density at radius 2 is 1.31 bits per heavy atom. The van der Waals surface area contributed by atoms with Gasteiger partial charge < -0.3 is 24.3 Å². The van der Waals surface area contributed by atoms with Crippen molar-refractivity contribution in [2.24, 2.45) is 10.9 Å². The molecule has 282 valence electrons. The van der Waals surface area contributed by atoms with Crippen molar-refractivity contribution in [2.75, 3.05) is 20.2 Å². The van der Waals surface area contributed by atoms with Gasteiger partial charge in [-0.05, 0) is 86.8 Å². The molecule has 0 bridgehead atoms. The Hall–Kier alpha value is -5.22. The van der Waals surface area contributed by atoms with Crippen LogP contribution in [0.15, 0.2) is 29.3 Å². The van der Waals surface area contributed by atoms with Gasteiger partial charge >= 0.3 is 30.3 Å². The zero-order valence-corrected chi connectivity index (χ0v) is 31.4. The maximum absolute atomic E-state index is 13.8. The number of rotatable bonds is 8. The Morgan fingerprint density at radius 3 is 1.76 bits per heavy atom. The highest BCUT2D eigenvalue weighted by Gasteiger charge is 2.42. The summed E-state index contributed by atoms with van der Waals surface area (Å²) < 4.78 is 21.0. The molecule has 0 spiro atoms. The number of hydrogen-bond donors (Lipinski definition) is 2. The highest BCUT2D eigenvalue weighted by Crippen LogP contribution is 2.25. The van der Waals surface area contributed by atoms with E-state index in [4.69, 9.17) is 18.9 Å². The molecule has 1 heterocycles. The van der Waals surface area contributed by atoms with Gasteiger partial charge in [-0.25, -0.2) is 33.9 Å². The van der Waals surface area contributed by atoms with Crippen molar-refractivity contribution >= 4 is 48.1 Å². The second-order valence-electron chi connectivity index (χ2n) is 14.8. The number of urea groups is 1. The number of benzene rings is 1. The standard InChI is InChI=1S/C34H50N6O11/c1-20(2)23(26(43)48-12)35-28(44)39(40-24(41)21-16-13-14-17-22(21)25(40)42)19-15-18-38(31(47)51-34(9,10)11)27(36-29(45)49-32(3,4)5)37-30(46)50-33(6,7)8/h13-14,16-17,20,23H,15,18-19H2,1-12H3,(H,35,44)(H,36,37,45,46)/t23-/m0/s1. The minimum Gasteiger partial charge on any atom is -0.467 e. The van der Waals surface area contributed by atoms with Gasteiger partial charge in [-0.3, -0.25) is 14.9 Å². The van der Waals surface area contributed by atoms with Crippen molar-refractivity contribution in [3.63, 3.8) is 0 Å². The first-order valence-corrected chi connectivity index (χ1v) is 16.3. The topological polar surface area (TPSA) is 203 Å². The molecule has 1 aliphatic heterocycles. The number of carbonyl (C=O) groups excluding carboxylic acids is 7. The minimum atomic E-state index is -1.16. The largest absolute Gasteiger partial charge is 0.467 e. The smallest absolute Gasteiger partial charge is 0.437 e. The van der Waals surface area contributed by atoms with E-state index in [9.17, 15) is 33.6 Å². The summed E-state index contributed by atoms with van der Waals surface area (Å²) in [5.41, 5.74) is -2.91. The predicted molar refractivity (Wildman–Crippen MR) is 183 cm³/mol. The van der Waals surface area contributed by atoms with Crippen molar-refractivity contribution in [2.45, 2.75) is 105 Å². The molecule has 17 heteroatoms. The molecular formula is C34H50N6O11. The van der Waals surface area contributed by atoms with Crippen LogP contribution in [0.3, 0.4) is 0 Å². The average Bonchev–Trinajstić information content (AvgIpc) is 3.21. The predicted octanol–water partition coefficient (Wildman–Crippen LogP) is 4.85. The van der Waals surface area contributed by atoms with E-state index in [1.54, 1.807) is 88.3 Å². The summed E-state index contributed by atoms with van der Waals surface area (Å²) in [5, 5.41) is 6.28. The molecular weight excluding hydrogens is 668 g/mol. The molecule has 0 unspecified atom stereocenters. The number of guanidine groups is 1. The maximum Gasteiger partial charge on any atom is 0.437 e. The van der Waals surface area contributed by atoms with Crippen LogP contribution in [-0.4, -0.2) is 106 Å². The summed E-state index contributed by atoms with van der Waals surface area (Å²) in [6, 6.07) is 3.85. The van der Waals surface area contributed by atoms with Crippen LogP contribution in [0.1, 0.15) is 103 Å². The normalized spacial score (nSPS) is 14.0. The number of esters is 1. The van der Waals surface area contributed by atoms with Crippen LogP contribution in [0.5, 0.6) is 0 Å². The monoisotopic (exact) mass is 718 g/mol. The summed E-state index contributed by atoms with van der Waals surface area (Å²) in [4.78, 5) is 97.2. The fourth-order valence-corrected chi connectivity index (χ4v) is 4.42. The number of amides is 7. The number of imide groups is 1. The summed E-state index contributed by atoms with van der Waals surface area (Å²) in [6.45, 7) is 16.9. The Bertz CT molecular complexity index is 1500. The molecule has 0 aliphatic carbocycles. The number of nitrogens with one attached hydrogen (secondary N) is 2. The second kappa shape index (κ2) is 16.7. The van der Waals surface area contributed by atoms with Crippen molar-refractivity contribution < 1.29 is 52.5 Å². The van der Waals surface area contributed by atoms with Gasteiger partial charge in [-0.2, -0.15) is 5.01 Å². The molecule has 1 aromatic rings. The third-order valence-corrected chi connectivity index (χ3v) is 6.47. The van der Waals surface area contributed by atoms with E-state index in [0.717, 1.165) is 17.0 Å². The molecule has 0 fully saturated rings. The molecule has 1 atom stereocenters. The highest BCUT2D eigenvalue weighted by atomic mass is 16.6. The zero-order valence-electron chi connectivity index (χ0n) is 31.4. The van der Waals surface area contributed by atoms with Crippen LogP contribution in [0.4, 0.5) is 19.2 Å². The number of nitrogens with zero attached hydrogens (tertiary/aromatic N) is 4. The Morgan fingerprint density at radius 1 is 0.804 bits per heavy atom. The van der Waals surface area contributed by atoms with Crippen LogP contribution in [0.2, 0.25) is 0 Å². The van der Waals surface area contributed by atoms with Gasteiger partial charge in [0, 0.05) is 13.1 Å². The van der Waals surface area contributed by atoms with E-state index in [2.05, 4.69) is 15.6 Å². The van der Waals surface area contributed by atoms with Crippen LogP contribution < -0.4 is 10.6 Å². The summed E-state index contributed by atoms with van der Waals surface area (Å²) in [6.07, 6.45) is -3.47. The molecule has 2 N–H and O–H groups in total. The highest BCUT2D eigenvalue weighted by molar-refractivity contribution is 6.21. The Kier molecular flexibility index (Phi) is 13.7. The van der Waals surface area contributed by atoms with E-state index in [-0.39, 0.29) is 17.5 Å². The van der Waals surface area contributed by atoms with E-state index in [1.807, 2.05) is 0 Å². The summed E-state index contributed by atoms with van der Waals surface area (Å²) in [7, 11) is 1.15. The van der Waals surface area contributed by atoms with Crippen LogP contribution in [0.25, 0.3) is 0 Å². The number of fused-ring (bicyclic) bond motifs is 1. The van der Waals surface area contributed by atoms with Crippen LogP contribution in [-0.2, 0) is 23.7 Å². The van der Waals surface area contributed by atoms with Gasteiger partial charge in [0.15, 0.2) is 0 Å². The number of hydrogen-bond acceptors (Lipinski definition) is 11. The van der Waals surface area contributed by atoms with Gasteiger partial charge in [0.1, 0.15) is 22.8 Å². The van der Waals surface area contributed by atoms with E-state index in [0.29, 0.717) is 5.01 Å². The van der Waals surface area contributed by atoms with E-state index < -0.39 is 89.9 Å². The molecule has 2 rings (SSSR count). The first-order chi connectivity index (χ1) is 23.3. The number of carbonyl (C=O) groups is 7. The number of ether oxygens (including phenoxy) is 4. The number of hydrazine groups is 1. The van der Waals surface area contributed by atoms with Gasteiger partial charge in [-0.1, -0.05) is 26.0 Å². The number of methoxy groups -OCH3 is 1. The van der Waals surface area contributed by atoms with Gasteiger partial charge in [0.05, 0.1) is 18.2 Å². The fourth-order valence-electron chi connectivity index (χ4n) is 4.42. The minimum absolute atomic E-state index is 0.0531.